The van der Waals surface area contributed by atoms with Gasteiger partial charge in [0.15, 0.2) is 0 Å². The molecule has 0 aromatic heterocycles. The highest BCUT2D eigenvalue weighted by Gasteiger charge is 2.02. The molecule has 26 heavy (non-hydrogen) atoms. The fraction of sp³-hybridized carbons (Fsp3) is 0.455. The maximum Gasteiger partial charge on any atom is 0.0724 e. The third-order valence-electron chi connectivity index (χ3n) is 3.98. The largest absolute Gasteiger partial charge is 0.394 e. The number of rotatable bonds is 10. The summed E-state index contributed by atoms with van der Waals surface area (Å²) in [5, 5.41) is 16.2. The summed E-state index contributed by atoms with van der Waals surface area (Å²) in [5.41, 5.74) is 5.37. The molecule has 0 aliphatic carbocycles. The van der Waals surface area contributed by atoms with E-state index in [1.807, 2.05) is 0 Å². The zero-order chi connectivity index (χ0) is 19.0. The molecule has 0 atom stereocenters. The van der Waals surface area contributed by atoms with Crippen LogP contribution in [0.15, 0.2) is 48.5 Å². The Morgan fingerprint density at radius 2 is 1.00 bits per heavy atom. The van der Waals surface area contributed by atoms with Gasteiger partial charge in [-0.3, -0.25) is 0 Å². The Labute approximate surface area is 157 Å². The van der Waals surface area contributed by atoms with Crippen molar-refractivity contribution in [3.8, 4) is 0 Å². The predicted molar refractivity (Wildman–Crippen MR) is 105 cm³/mol. The van der Waals surface area contributed by atoms with E-state index < -0.39 is 0 Å². The quantitative estimate of drug-likeness (QED) is 0.637. The Balaban J connectivity index is 0.000000412. The van der Waals surface area contributed by atoms with E-state index in [-0.39, 0.29) is 13.2 Å². The lowest BCUT2D eigenvalue weighted by Crippen LogP contribution is -2.03. The van der Waals surface area contributed by atoms with Gasteiger partial charge >= 0.3 is 0 Å². The molecule has 0 spiro atoms. The molecule has 0 radical (unpaired) electrons. The van der Waals surface area contributed by atoms with Crippen molar-refractivity contribution in [2.75, 3.05) is 26.4 Å². The molecule has 2 aromatic rings. The minimum Gasteiger partial charge on any atom is -0.394 e. The number of hydrogen-bond acceptors (Lipinski definition) is 4. The summed E-state index contributed by atoms with van der Waals surface area (Å²) < 4.78 is 10.5. The van der Waals surface area contributed by atoms with Gasteiger partial charge in [0.2, 0.25) is 0 Å². The van der Waals surface area contributed by atoms with Crippen LogP contribution < -0.4 is 0 Å². The third-order valence-corrected chi connectivity index (χ3v) is 3.98. The van der Waals surface area contributed by atoms with E-state index in [0.717, 1.165) is 12.8 Å². The summed E-state index contributed by atoms with van der Waals surface area (Å²) in [6, 6.07) is 17.0. The Morgan fingerprint density at radius 3 is 1.35 bits per heavy atom. The van der Waals surface area contributed by atoms with E-state index in [1.165, 1.54) is 22.3 Å². The molecule has 4 nitrogen and oxygen atoms in total. The average Bonchev–Trinajstić information content (AvgIpc) is 2.69. The van der Waals surface area contributed by atoms with Gasteiger partial charge in [0, 0.05) is 0 Å². The second kappa shape index (κ2) is 14.4. The van der Waals surface area contributed by atoms with E-state index in [2.05, 4.69) is 67.1 Å². The van der Waals surface area contributed by atoms with Crippen LogP contribution in [0.1, 0.15) is 36.1 Å². The van der Waals surface area contributed by atoms with Crippen molar-refractivity contribution >= 4 is 0 Å². The van der Waals surface area contributed by atoms with Gasteiger partial charge in [0.25, 0.3) is 0 Å². The maximum atomic E-state index is 8.09. The highest BCUT2D eigenvalue weighted by Crippen LogP contribution is 2.14. The SMILES string of the molecule is CCc1ccccc1COCc1ccccc1CC.OCCOCCO. The number of aliphatic hydroxyl groups is 2. The van der Waals surface area contributed by atoms with E-state index in [4.69, 9.17) is 14.9 Å². The Bertz CT molecular complexity index is 547. The zero-order valence-electron chi connectivity index (χ0n) is 16.0. The molecule has 2 rings (SSSR count). The van der Waals surface area contributed by atoms with Crippen LogP contribution in [0.4, 0.5) is 0 Å². The number of aliphatic hydroxyl groups excluding tert-OH is 2. The van der Waals surface area contributed by atoms with Gasteiger partial charge < -0.3 is 19.7 Å². The molecule has 0 fully saturated rings. The fourth-order valence-corrected chi connectivity index (χ4v) is 2.59. The molecule has 0 amide bonds. The molecule has 0 saturated heterocycles. The van der Waals surface area contributed by atoms with Crippen LogP contribution in [0.5, 0.6) is 0 Å². The van der Waals surface area contributed by atoms with Crippen molar-refractivity contribution < 1.29 is 19.7 Å². The first-order valence-corrected chi connectivity index (χ1v) is 9.27. The van der Waals surface area contributed by atoms with Gasteiger partial charge in [0.1, 0.15) is 0 Å². The van der Waals surface area contributed by atoms with E-state index in [1.54, 1.807) is 0 Å². The van der Waals surface area contributed by atoms with Crippen molar-refractivity contribution in [2.24, 2.45) is 0 Å². The topological polar surface area (TPSA) is 58.9 Å². The molecule has 2 aromatic carbocycles. The molecule has 4 heteroatoms. The van der Waals surface area contributed by atoms with Crippen LogP contribution in [0, 0.1) is 0 Å². The van der Waals surface area contributed by atoms with Crippen LogP contribution in [-0.2, 0) is 35.5 Å². The van der Waals surface area contributed by atoms with Crippen LogP contribution in [0.3, 0.4) is 0 Å². The van der Waals surface area contributed by atoms with Crippen molar-refractivity contribution in [3.63, 3.8) is 0 Å². The van der Waals surface area contributed by atoms with Crippen molar-refractivity contribution in [2.45, 2.75) is 39.9 Å². The summed E-state index contributed by atoms with van der Waals surface area (Å²) in [4.78, 5) is 0. The Morgan fingerprint density at radius 1 is 0.615 bits per heavy atom. The van der Waals surface area contributed by atoms with Crippen LogP contribution >= 0.6 is 0 Å². The first-order valence-electron chi connectivity index (χ1n) is 9.27. The normalized spacial score (nSPS) is 10.3. The zero-order valence-corrected chi connectivity index (χ0v) is 16.0. The predicted octanol–water partition coefficient (Wildman–Crippen LogP) is 3.52. The summed E-state index contributed by atoms with van der Waals surface area (Å²) in [6.45, 7) is 6.46. The minimum absolute atomic E-state index is 0.0278. The molecule has 0 bridgehead atoms. The maximum absolute atomic E-state index is 8.09. The number of ether oxygens (including phenoxy) is 2. The van der Waals surface area contributed by atoms with E-state index >= 15 is 0 Å². The molecule has 0 aliphatic heterocycles. The van der Waals surface area contributed by atoms with Gasteiger partial charge in [-0.05, 0) is 35.1 Å². The number of hydrogen-bond donors (Lipinski definition) is 2. The summed E-state index contributed by atoms with van der Waals surface area (Å²) in [6.07, 6.45) is 2.12. The summed E-state index contributed by atoms with van der Waals surface area (Å²) in [7, 11) is 0. The number of aryl methyl sites for hydroxylation is 2. The lowest BCUT2D eigenvalue weighted by atomic mass is 10.1. The number of benzene rings is 2. The van der Waals surface area contributed by atoms with Crippen molar-refractivity contribution in [3.05, 3.63) is 70.8 Å². The molecule has 0 heterocycles. The highest BCUT2D eigenvalue weighted by atomic mass is 16.5. The van der Waals surface area contributed by atoms with Crippen LogP contribution in [-0.4, -0.2) is 36.6 Å². The first-order chi connectivity index (χ1) is 12.8. The second-order valence-electron chi connectivity index (χ2n) is 5.80. The van der Waals surface area contributed by atoms with Crippen LogP contribution in [0.2, 0.25) is 0 Å². The first kappa shape index (κ1) is 22.3. The smallest absolute Gasteiger partial charge is 0.0724 e. The van der Waals surface area contributed by atoms with E-state index in [0.29, 0.717) is 26.4 Å². The molecule has 0 aliphatic rings. The third kappa shape index (κ3) is 8.59. The highest BCUT2D eigenvalue weighted by molar-refractivity contribution is 5.27. The lowest BCUT2D eigenvalue weighted by Gasteiger charge is -2.11. The van der Waals surface area contributed by atoms with Crippen LogP contribution in [0.25, 0.3) is 0 Å². The lowest BCUT2D eigenvalue weighted by molar-refractivity contribution is 0.0650. The molecule has 0 unspecified atom stereocenters. The molecular formula is C22H32O4. The molecule has 2 N–H and O–H groups in total. The Kier molecular flexibility index (Phi) is 12.4. The van der Waals surface area contributed by atoms with Gasteiger partial charge in [-0.15, -0.1) is 0 Å². The van der Waals surface area contributed by atoms with E-state index in [9.17, 15) is 0 Å². The summed E-state index contributed by atoms with van der Waals surface area (Å²) in [5.74, 6) is 0. The van der Waals surface area contributed by atoms with Gasteiger partial charge in [-0.25, -0.2) is 0 Å². The second-order valence-corrected chi connectivity index (χ2v) is 5.80. The fourth-order valence-electron chi connectivity index (χ4n) is 2.59. The molecule has 144 valence electrons. The molecule has 0 saturated carbocycles. The monoisotopic (exact) mass is 360 g/mol. The van der Waals surface area contributed by atoms with Gasteiger partial charge in [0.05, 0.1) is 39.6 Å². The molecular weight excluding hydrogens is 328 g/mol. The average molecular weight is 360 g/mol. The van der Waals surface area contributed by atoms with Crippen molar-refractivity contribution in [1.29, 1.82) is 0 Å². The standard InChI is InChI=1S/C18H22O.C4H10O3/c1-3-15-9-5-7-11-17(15)13-19-14-18-12-8-6-10-16(18)4-2;5-1-3-7-4-2-6/h5-12H,3-4,13-14H2,1-2H3;5-6H,1-4H2. The van der Waals surface area contributed by atoms with Gasteiger partial charge in [-0.2, -0.15) is 0 Å². The Hall–Kier alpha value is -1.72. The van der Waals surface area contributed by atoms with Gasteiger partial charge in [-0.1, -0.05) is 62.4 Å². The minimum atomic E-state index is 0.0278. The summed E-state index contributed by atoms with van der Waals surface area (Å²) >= 11 is 0. The van der Waals surface area contributed by atoms with Crippen molar-refractivity contribution in [1.82, 2.24) is 0 Å².